The number of hydrazone groups is 1. The van der Waals surface area contributed by atoms with Gasteiger partial charge >= 0.3 is 0 Å². The van der Waals surface area contributed by atoms with Gasteiger partial charge in [0.25, 0.3) is 0 Å². The van der Waals surface area contributed by atoms with Gasteiger partial charge < -0.3 is 0 Å². The summed E-state index contributed by atoms with van der Waals surface area (Å²) in [5.41, 5.74) is 0. The molecule has 0 aromatic rings. The minimum absolute atomic E-state index is 0.00975. The Kier molecular flexibility index (Phi) is 10.1. The normalized spacial score (nSPS) is 13.6. The molecule has 0 amide bonds. The second-order valence-electron chi connectivity index (χ2n) is 2.71. The highest BCUT2D eigenvalue weighted by Gasteiger charge is 2.08. The Hall–Kier alpha value is -0.870. The molecule has 3 nitrogen and oxygen atoms in total. The van der Waals surface area contributed by atoms with E-state index in [1.165, 1.54) is 6.08 Å². The van der Waals surface area contributed by atoms with Gasteiger partial charge in [-0.05, 0) is 17.5 Å². The van der Waals surface area contributed by atoms with Crippen molar-refractivity contribution < 1.29 is 4.79 Å². The molecule has 1 unspecified atom stereocenters. The van der Waals surface area contributed by atoms with Crippen LogP contribution < -0.4 is 0 Å². The fraction of sp³-hybridized carbons (Fsp3) is 0.273. The summed E-state index contributed by atoms with van der Waals surface area (Å²) < 4.78 is 0. The van der Waals surface area contributed by atoms with Crippen LogP contribution in [-0.2, 0) is 4.79 Å². The molecule has 16 heavy (non-hydrogen) atoms. The van der Waals surface area contributed by atoms with E-state index in [-0.39, 0.29) is 6.04 Å². The molecule has 0 saturated carbocycles. The van der Waals surface area contributed by atoms with Crippen LogP contribution in [0.5, 0.6) is 0 Å². The maximum absolute atomic E-state index is 10.3. The lowest BCUT2D eigenvalue weighted by atomic mass is 10.2. The summed E-state index contributed by atoms with van der Waals surface area (Å²) in [6.07, 6.45) is 9.65. The predicted octanol–water partition coefficient (Wildman–Crippen LogP) is 3.08. The van der Waals surface area contributed by atoms with E-state index in [2.05, 4.69) is 27.6 Å². The number of nitrogens with zero attached hydrogens (tertiary/aromatic N) is 2. The molecule has 0 radical (unpaired) electrons. The van der Waals surface area contributed by atoms with Gasteiger partial charge in [-0.3, -0.25) is 9.80 Å². The second kappa shape index (κ2) is 10.6. The molecule has 0 aromatic heterocycles. The first-order valence-corrected chi connectivity index (χ1v) is 6.11. The van der Waals surface area contributed by atoms with Crippen LogP contribution in [0, 0.1) is 0 Å². The minimum atomic E-state index is -0.00975. The van der Waals surface area contributed by atoms with E-state index in [1.54, 1.807) is 28.5 Å². The van der Waals surface area contributed by atoms with Crippen LogP contribution in [-0.4, -0.2) is 29.4 Å². The fourth-order valence-corrected chi connectivity index (χ4v) is 1.26. The Labute approximate surface area is 109 Å². The molecule has 0 aliphatic rings. The number of rotatable bonds is 8. The monoisotopic (exact) mass is 304 g/mol. The number of allylic oxidation sites excluding steroid dienone is 1. The lowest BCUT2D eigenvalue weighted by Gasteiger charge is -2.21. The summed E-state index contributed by atoms with van der Waals surface area (Å²) in [5, 5.41) is 5.75. The number of carbonyl (C=O) groups excluding carboxylic acids is 1. The maximum atomic E-state index is 10.3. The smallest absolute Gasteiger partial charge is 0.144 e. The van der Waals surface area contributed by atoms with Gasteiger partial charge in [0.1, 0.15) is 6.29 Å². The first-order valence-electron chi connectivity index (χ1n) is 4.66. The third-order valence-electron chi connectivity index (χ3n) is 1.68. The molecule has 0 aromatic carbocycles. The second-order valence-corrected chi connectivity index (χ2v) is 3.55. The third-order valence-corrected chi connectivity index (χ3v) is 2.19. The quantitative estimate of drug-likeness (QED) is 0.172. The average molecular weight is 306 g/mol. The number of hydrogen-bond donors (Lipinski definition) is 0. The maximum Gasteiger partial charge on any atom is 0.144 e. The average Bonchev–Trinajstić information content (AvgIpc) is 2.32. The van der Waals surface area contributed by atoms with E-state index >= 15 is 0 Å². The molecule has 0 aliphatic heterocycles. The molecule has 0 bridgehead atoms. The highest BCUT2D eigenvalue weighted by molar-refractivity contribution is 9.11. The van der Waals surface area contributed by atoms with Crippen molar-refractivity contribution in [3.8, 4) is 0 Å². The van der Waals surface area contributed by atoms with E-state index in [0.29, 0.717) is 12.2 Å². The van der Waals surface area contributed by atoms with Gasteiger partial charge in [0.2, 0.25) is 0 Å². The molecule has 0 heterocycles. The first-order chi connectivity index (χ1) is 7.79. The van der Waals surface area contributed by atoms with Gasteiger partial charge in [-0.1, -0.05) is 28.1 Å². The minimum Gasteiger partial charge on any atom is -0.299 e. The van der Waals surface area contributed by atoms with Crippen molar-refractivity contribution in [2.24, 2.45) is 5.10 Å². The number of carbonyl (C=O) groups is 1. The summed E-state index contributed by atoms with van der Waals surface area (Å²) in [6.45, 7) is 3.73. The van der Waals surface area contributed by atoms with Gasteiger partial charge in [-0.25, -0.2) is 0 Å². The van der Waals surface area contributed by atoms with Crippen LogP contribution in [0.1, 0.15) is 6.42 Å². The van der Waals surface area contributed by atoms with E-state index in [9.17, 15) is 4.79 Å². The standard InChI is InChI=1S/C11H14BrClN2O/c1-2-11(5-3-6-12)15(9-4-10-16)14-8-7-13/h2-4,6,8-11H,1,5,7H2/b6-3+,9-4-,14-8+. The molecule has 0 aliphatic carbocycles. The van der Waals surface area contributed by atoms with Crippen LogP contribution in [0.3, 0.4) is 0 Å². The highest BCUT2D eigenvalue weighted by Crippen LogP contribution is 2.08. The van der Waals surface area contributed by atoms with Crippen molar-refractivity contribution in [2.45, 2.75) is 12.5 Å². The lowest BCUT2D eigenvalue weighted by Crippen LogP contribution is -2.23. The van der Waals surface area contributed by atoms with Crippen molar-refractivity contribution >= 4 is 40.0 Å². The van der Waals surface area contributed by atoms with Gasteiger partial charge in [0.05, 0.1) is 11.9 Å². The number of aldehydes is 1. The summed E-state index contributed by atoms with van der Waals surface area (Å²) in [7, 11) is 0. The van der Waals surface area contributed by atoms with Crippen molar-refractivity contribution in [3.63, 3.8) is 0 Å². The lowest BCUT2D eigenvalue weighted by molar-refractivity contribution is -0.104. The Balaban J connectivity index is 4.66. The highest BCUT2D eigenvalue weighted by atomic mass is 79.9. The molecule has 1 atom stereocenters. The molecule has 5 heteroatoms. The number of alkyl halides is 1. The summed E-state index contributed by atoms with van der Waals surface area (Å²) in [6, 6.07) is -0.00975. The van der Waals surface area contributed by atoms with Crippen molar-refractivity contribution in [3.05, 3.63) is 36.0 Å². The first kappa shape index (κ1) is 15.1. The molecule has 0 rings (SSSR count). The van der Waals surface area contributed by atoms with Crippen LogP contribution in [0.2, 0.25) is 0 Å². The molecule has 0 saturated heterocycles. The third kappa shape index (κ3) is 6.58. The van der Waals surface area contributed by atoms with Crippen molar-refractivity contribution in [2.75, 3.05) is 5.88 Å². The SMILES string of the molecule is C=CC(C/C=C/Br)N(/C=C\C=O)/N=C/CCl. The van der Waals surface area contributed by atoms with Crippen LogP contribution in [0.4, 0.5) is 0 Å². The fourth-order valence-electron chi connectivity index (χ4n) is 0.986. The summed E-state index contributed by atoms with van der Waals surface area (Å²) in [5.74, 6) is 0.323. The zero-order valence-electron chi connectivity index (χ0n) is 8.80. The van der Waals surface area contributed by atoms with Crippen LogP contribution in [0.25, 0.3) is 0 Å². The van der Waals surface area contributed by atoms with Gasteiger partial charge in [0, 0.05) is 12.4 Å². The predicted molar refractivity (Wildman–Crippen MR) is 72.9 cm³/mol. The van der Waals surface area contributed by atoms with Gasteiger partial charge in [-0.15, -0.1) is 18.2 Å². The molecular weight excluding hydrogens is 291 g/mol. The molecule has 0 fully saturated rings. The summed E-state index contributed by atoms with van der Waals surface area (Å²) in [4.78, 5) is 12.0. The Morgan fingerprint density at radius 3 is 2.81 bits per heavy atom. The number of hydrogen-bond acceptors (Lipinski definition) is 3. The Bertz CT molecular complexity index is 290. The molecular formula is C11H14BrClN2O. The molecule has 88 valence electrons. The summed E-state index contributed by atoms with van der Waals surface area (Å²) >= 11 is 8.71. The Morgan fingerprint density at radius 1 is 1.56 bits per heavy atom. The van der Waals surface area contributed by atoms with E-state index in [1.807, 2.05) is 6.08 Å². The number of halogens is 2. The van der Waals surface area contributed by atoms with Crippen molar-refractivity contribution in [1.82, 2.24) is 5.01 Å². The van der Waals surface area contributed by atoms with Crippen molar-refractivity contribution in [1.29, 1.82) is 0 Å². The van der Waals surface area contributed by atoms with Crippen LogP contribution in [0.15, 0.2) is 41.1 Å². The topological polar surface area (TPSA) is 32.7 Å². The van der Waals surface area contributed by atoms with E-state index in [0.717, 1.165) is 6.42 Å². The van der Waals surface area contributed by atoms with E-state index in [4.69, 9.17) is 11.6 Å². The van der Waals surface area contributed by atoms with Crippen LogP contribution >= 0.6 is 27.5 Å². The largest absolute Gasteiger partial charge is 0.299 e. The van der Waals surface area contributed by atoms with Gasteiger partial charge in [0.15, 0.2) is 0 Å². The molecule has 0 N–H and O–H groups in total. The Morgan fingerprint density at radius 2 is 2.31 bits per heavy atom. The van der Waals surface area contributed by atoms with E-state index < -0.39 is 0 Å². The zero-order chi connectivity index (χ0) is 12.2. The zero-order valence-corrected chi connectivity index (χ0v) is 11.1. The molecule has 0 spiro atoms. The van der Waals surface area contributed by atoms with Gasteiger partial charge in [-0.2, -0.15) is 5.10 Å².